The smallest absolute Gasteiger partial charge is 0.269 e. The van der Waals surface area contributed by atoms with Crippen molar-refractivity contribution in [3.8, 4) is 0 Å². The molecule has 0 saturated carbocycles. The molecule has 0 bridgehead atoms. The van der Waals surface area contributed by atoms with Gasteiger partial charge in [0.15, 0.2) is 0 Å². The van der Waals surface area contributed by atoms with Gasteiger partial charge in [-0.2, -0.15) is 0 Å². The van der Waals surface area contributed by atoms with Gasteiger partial charge in [-0.3, -0.25) is 19.7 Å². The highest BCUT2D eigenvalue weighted by molar-refractivity contribution is 6.03. The number of carbonyl (C=O) groups excluding carboxylic acids is 2. The summed E-state index contributed by atoms with van der Waals surface area (Å²) in [5.74, 6) is -0.791. The lowest BCUT2D eigenvalue weighted by atomic mass is 10.1. The van der Waals surface area contributed by atoms with E-state index in [0.29, 0.717) is 12.2 Å². The topological polar surface area (TPSA) is 92.6 Å². The van der Waals surface area contributed by atoms with Crippen LogP contribution in [0, 0.1) is 16.0 Å². The van der Waals surface area contributed by atoms with Crippen molar-refractivity contribution in [1.82, 2.24) is 0 Å². The summed E-state index contributed by atoms with van der Waals surface area (Å²) < 4.78 is 0. The van der Waals surface area contributed by atoms with Crippen molar-refractivity contribution >= 4 is 28.9 Å². The van der Waals surface area contributed by atoms with Crippen LogP contribution in [0.15, 0.2) is 48.5 Å². The first-order valence-corrected chi connectivity index (χ1v) is 8.43. The fraction of sp³-hybridized carbons (Fsp3) is 0.263. The lowest BCUT2D eigenvalue weighted by Crippen LogP contribution is -2.28. The second kappa shape index (κ2) is 7.35. The number of hydrogen-bond acceptors (Lipinski definition) is 4. The molecule has 0 spiro atoms. The molecule has 2 aromatic rings. The lowest BCUT2D eigenvalue weighted by Gasteiger charge is -2.20. The molecule has 1 aliphatic heterocycles. The molecule has 2 amide bonds. The maximum Gasteiger partial charge on any atom is 0.269 e. The van der Waals surface area contributed by atoms with Crippen molar-refractivity contribution in [3.05, 3.63) is 64.2 Å². The predicted octanol–water partition coefficient (Wildman–Crippen LogP) is 3.15. The van der Waals surface area contributed by atoms with E-state index in [2.05, 4.69) is 5.32 Å². The number of aryl methyl sites for hydroxylation is 1. The minimum atomic E-state index is -0.496. The molecule has 1 heterocycles. The van der Waals surface area contributed by atoms with Crippen LogP contribution < -0.4 is 10.2 Å². The van der Waals surface area contributed by atoms with Gasteiger partial charge in [-0.05, 0) is 30.2 Å². The van der Waals surface area contributed by atoms with Crippen LogP contribution in [0.2, 0.25) is 0 Å². The Kier molecular flexibility index (Phi) is 4.97. The van der Waals surface area contributed by atoms with Gasteiger partial charge >= 0.3 is 0 Å². The molecule has 7 heteroatoms. The highest BCUT2D eigenvalue weighted by Crippen LogP contribution is 2.29. The Balaban J connectivity index is 1.70. The molecule has 0 radical (unpaired) electrons. The van der Waals surface area contributed by atoms with Crippen LogP contribution in [0.5, 0.6) is 0 Å². The molecule has 2 aromatic carbocycles. The fourth-order valence-corrected chi connectivity index (χ4v) is 3.10. The van der Waals surface area contributed by atoms with E-state index in [-0.39, 0.29) is 23.9 Å². The Morgan fingerprint density at radius 1 is 1.23 bits per heavy atom. The molecule has 7 nitrogen and oxygen atoms in total. The van der Waals surface area contributed by atoms with E-state index >= 15 is 0 Å². The molecule has 134 valence electrons. The van der Waals surface area contributed by atoms with E-state index in [0.717, 1.165) is 17.7 Å². The van der Waals surface area contributed by atoms with Crippen molar-refractivity contribution < 1.29 is 14.5 Å². The van der Waals surface area contributed by atoms with E-state index in [4.69, 9.17) is 0 Å². The molecule has 1 aliphatic rings. The number of non-ortho nitro benzene ring substituents is 1. The van der Waals surface area contributed by atoms with Crippen LogP contribution >= 0.6 is 0 Å². The van der Waals surface area contributed by atoms with Crippen molar-refractivity contribution in [1.29, 1.82) is 0 Å². The lowest BCUT2D eigenvalue weighted by molar-refractivity contribution is -0.384. The number of carbonyl (C=O) groups is 2. The van der Waals surface area contributed by atoms with Crippen molar-refractivity contribution in [3.63, 3.8) is 0 Å². The Bertz CT molecular complexity index is 848. The minimum absolute atomic E-state index is 0.0404. The third kappa shape index (κ3) is 3.56. The van der Waals surface area contributed by atoms with Gasteiger partial charge in [0.25, 0.3) is 5.69 Å². The maximum atomic E-state index is 12.5. The first-order chi connectivity index (χ1) is 12.5. The van der Waals surface area contributed by atoms with Crippen LogP contribution in [-0.2, 0) is 16.0 Å². The number of nitro benzene ring substituents is 1. The standard InChI is InChI=1S/C19H19N3O4/c1-2-13-5-3-4-6-17(13)21-12-14(11-18(21)23)19(24)20-15-7-9-16(10-8-15)22(25)26/h3-10,14H,2,11-12H2,1H3,(H,20,24)/t14-/m0/s1. The molecule has 1 atom stereocenters. The van der Waals surface area contributed by atoms with Crippen LogP contribution in [0.1, 0.15) is 18.9 Å². The SMILES string of the molecule is CCc1ccccc1N1C[C@@H](C(=O)Nc2ccc([N+](=O)[O-])cc2)CC1=O. The van der Waals surface area contributed by atoms with Crippen LogP contribution in [-0.4, -0.2) is 23.3 Å². The number of para-hydroxylation sites is 1. The quantitative estimate of drug-likeness (QED) is 0.660. The summed E-state index contributed by atoms with van der Waals surface area (Å²) in [7, 11) is 0. The van der Waals surface area contributed by atoms with Gasteiger partial charge in [0.2, 0.25) is 11.8 Å². The van der Waals surface area contributed by atoms with E-state index in [9.17, 15) is 19.7 Å². The average molecular weight is 353 g/mol. The zero-order chi connectivity index (χ0) is 18.7. The summed E-state index contributed by atoms with van der Waals surface area (Å²) >= 11 is 0. The highest BCUT2D eigenvalue weighted by Gasteiger charge is 2.35. The highest BCUT2D eigenvalue weighted by atomic mass is 16.6. The molecule has 0 aromatic heterocycles. The Labute approximate surface area is 150 Å². The molecule has 1 N–H and O–H groups in total. The zero-order valence-electron chi connectivity index (χ0n) is 14.3. The first kappa shape index (κ1) is 17.6. The Hall–Kier alpha value is -3.22. The molecule has 1 saturated heterocycles. The maximum absolute atomic E-state index is 12.5. The van der Waals surface area contributed by atoms with Crippen LogP contribution in [0.3, 0.4) is 0 Å². The molecule has 1 fully saturated rings. The summed E-state index contributed by atoms with van der Waals surface area (Å²) in [5.41, 5.74) is 2.35. The zero-order valence-corrected chi connectivity index (χ0v) is 14.3. The third-order valence-corrected chi connectivity index (χ3v) is 4.50. The van der Waals surface area contributed by atoms with Gasteiger partial charge < -0.3 is 10.2 Å². The number of rotatable bonds is 5. The normalized spacial score (nSPS) is 16.6. The van der Waals surface area contributed by atoms with Crippen molar-refractivity contribution in [2.75, 3.05) is 16.8 Å². The van der Waals surface area contributed by atoms with Gasteiger partial charge in [0.05, 0.1) is 10.8 Å². The largest absolute Gasteiger partial charge is 0.326 e. The van der Waals surface area contributed by atoms with E-state index in [1.54, 1.807) is 4.90 Å². The number of nitrogens with one attached hydrogen (secondary N) is 1. The van der Waals surface area contributed by atoms with Crippen LogP contribution in [0.4, 0.5) is 17.1 Å². The Morgan fingerprint density at radius 3 is 2.58 bits per heavy atom. The van der Waals surface area contributed by atoms with Crippen LogP contribution in [0.25, 0.3) is 0 Å². The number of amides is 2. The summed E-state index contributed by atoms with van der Waals surface area (Å²) in [6.45, 7) is 2.35. The molecule has 26 heavy (non-hydrogen) atoms. The first-order valence-electron chi connectivity index (χ1n) is 8.43. The number of benzene rings is 2. The van der Waals surface area contributed by atoms with Gasteiger partial charge in [-0.1, -0.05) is 25.1 Å². The molecule has 3 rings (SSSR count). The third-order valence-electron chi connectivity index (χ3n) is 4.50. The summed E-state index contributed by atoms with van der Waals surface area (Å²) in [5, 5.41) is 13.4. The van der Waals surface area contributed by atoms with Crippen molar-refractivity contribution in [2.24, 2.45) is 5.92 Å². The number of hydrogen-bond donors (Lipinski definition) is 1. The number of anilines is 2. The predicted molar refractivity (Wildman–Crippen MR) is 98.0 cm³/mol. The van der Waals surface area contributed by atoms with Gasteiger partial charge in [0, 0.05) is 36.5 Å². The van der Waals surface area contributed by atoms with E-state index < -0.39 is 10.8 Å². The minimum Gasteiger partial charge on any atom is -0.326 e. The fourth-order valence-electron chi connectivity index (χ4n) is 3.10. The molecule has 0 aliphatic carbocycles. The number of nitro groups is 1. The van der Waals surface area contributed by atoms with Gasteiger partial charge in [0.1, 0.15) is 0 Å². The van der Waals surface area contributed by atoms with E-state index in [1.807, 2.05) is 31.2 Å². The molecule has 0 unspecified atom stereocenters. The Morgan fingerprint density at radius 2 is 1.92 bits per heavy atom. The molecular weight excluding hydrogens is 334 g/mol. The van der Waals surface area contributed by atoms with Gasteiger partial charge in [-0.25, -0.2) is 0 Å². The summed E-state index contributed by atoms with van der Waals surface area (Å²) in [4.78, 5) is 36.7. The second-order valence-electron chi connectivity index (χ2n) is 6.18. The number of nitrogens with zero attached hydrogens (tertiary/aromatic N) is 2. The van der Waals surface area contributed by atoms with Crippen molar-refractivity contribution in [2.45, 2.75) is 19.8 Å². The summed E-state index contributed by atoms with van der Waals surface area (Å²) in [6, 6.07) is 13.3. The van der Waals surface area contributed by atoms with Gasteiger partial charge in [-0.15, -0.1) is 0 Å². The average Bonchev–Trinajstić information content (AvgIpc) is 3.04. The van der Waals surface area contributed by atoms with E-state index in [1.165, 1.54) is 24.3 Å². The monoisotopic (exact) mass is 353 g/mol. The summed E-state index contributed by atoms with van der Waals surface area (Å²) in [6.07, 6.45) is 0.955. The molecular formula is C19H19N3O4. The second-order valence-corrected chi connectivity index (χ2v) is 6.18.